The maximum atomic E-state index is 2.52. The number of aryl methyl sites for hydroxylation is 2. The molecular weight excluding hydrogens is 292 g/mol. The van der Waals surface area contributed by atoms with E-state index in [1.54, 1.807) is 10.8 Å². The predicted molar refractivity (Wildman–Crippen MR) is 107 cm³/mol. The molecule has 1 aliphatic carbocycles. The monoisotopic (exact) mass is 326 g/mol. The summed E-state index contributed by atoms with van der Waals surface area (Å²) >= 11 is 0. The number of hydrogen-bond donors (Lipinski definition) is 0. The molecule has 2 rings (SSSR count). The molecule has 23 heavy (non-hydrogen) atoms. The minimum Gasteiger partial charge on any atom is -0.0775 e. The Labute approximate surface area is 145 Å². The molecule has 1 aromatic carbocycles. The van der Waals surface area contributed by atoms with E-state index in [2.05, 4.69) is 58.0 Å². The molecule has 1 aliphatic rings. The van der Waals surface area contributed by atoms with Crippen LogP contribution < -0.4 is 5.19 Å². The molecule has 0 fully saturated rings. The van der Waals surface area contributed by atoms with Crippen molar-refractivity contribution in [3.63, 3.8) is 0 Å². The second-order valence-electron chi connectivity index (χ2n) is 7.29. The molecule has 0 nitrogen and oxygen atoms in total. The largest absolute Gasteiger partial charge is 0.0835 e. The quantitative estimate of drug-likeness (QED) is 0.426. The number of benzene rings is 1. The van der Waals surface area contributed by atoms with Crippen LogP contribution in [0, 0.1) is 19.8 Å². The lowest BCUT2D eigenvalue weighted by Gasteiger charge is -2.17. The highest BCUT2D eigenvalue weighted by Crippen LogP contribution is 2.31. The Bertz CT molecular complexity index is 545. The van der Waals surface area contributed by atoms with Crippen LogP contribution in [0.15, 0.2) is 41.1 Å². The van der Waals surface area contributed by atoms with Gasteiger partial charge in [0.25, 0.3) is 0 Å². The van der Waals surface area contributed by atoms with Gasteiger partial charge in [0.1, 0.15) is 0 Å². The fourth-order valence-corrected chi connectivity index (χ4v) is 6.24. The van der Waals surface area contributed by atoms with Crippen LogP contribution in [0.4, 0.5) is 0 Å². The molecule has 0 heterocycles. The van der Waals surface area contributed by atoms with Crippen LogP contribution >= 0.6 is 0 Å². The van der Waals surface area contributed by atoms with E-state index in [0.717, 1.165) is 5.92 Å². The van der Waals surface area contributed by atoms with Crippen molar-refractivity contribution in [1.29, 1.82) is 0 Å². The van der Waals surface area contributed by atoms with Gasteiger partial charge in [-0.3, -0.25) is 0 Å². The van der Waals surface area contributed by atoms with Gasteiger partial charge in [-0.1, -0.05) is 97.0 Å². The average molecular weight is 327 g/mol. The van der Waals surface area contributed by atoms with Gasteiger partial charge < -0.3 is 0 Å². The normalized spacial score (nSPS) is 17.8. The summed E-state index contributed by atoms with van der Waals surface area (Å²) in [5.74, 6) is 0.751. The molecule has 0 bridgehead atoms. The Kier molecular flexibility index (Phi) is 7.36. The first-order valence-electron chi connectivity index (χ1n) is 9.61. The van der Waals surface area contributed by atoms with Crippen LogP contribution in [-0.4, -0.2) is 9.52 Å². The van der Waals surface area contributed by atoms with Gasteiger partial charge in [-0.05, 0) is 39.0 Å². The Balaban J connectivity index is 2.15. The Morgan fingerprint density at radius 3 is 2.26 bits per heavy atom. The predicted octanol–water partition coefficient (Wildman–Crippen LogP) is 5.31. The second-order valence-corrected chi connectivity index (χ2v) is 9.22. The highest BCUT2D eigenvalue weighted by molar-refractivity contribution is 6.61. The summed E-state index contributed by atoms with van der Waals surface area (Å²) in [6, 6.07) is 7.17. The Morgan fingerprint density at radius 1 is 0.913 bits per heavy atom. The maximum absolute atomic E-state index is 2.52. The highest BCUT2D eigenvalue weighted by Gasteiger charge is 2.20. The van der Waals surface area contributed by atoms with E-state index in [0.29, 0.717) is 0 Å². The average Bonchev–Trinajstić information content (AvgIpc) is 2.87. The lowest BCUT2D eigenvalue weighted by Crippen LogP contribution is -2.21. The fourth-order valence-electron chi connectivity index (χ4n) is 3.83. The van der Waals surface area contributed by atoms with Crippen LogP contribution in [0.25, 0.3) is 0 Å². The summed E-state index contributed by atoms with van der Waals surface area (Å²) in [5, 5.41) is 3.48. The lowest BCUT2D eigenvalue weighted by molar-refractivity contribution is 0.607. The van der Waals surface area contributed by atoms with E-state index >= 15 is 0 Å². The molecule has 0 radical (unpaired) electrons. The van der Waals surface area contributed by atoms with Gasteiger partial charge in [-0.25, -0.2) is 0 Å². The zero-order chi connectivity index (χ0) is 16.7. The molecule has 0 aromatic heterocycles. The molecule has 0 saturated carbocycles. The fraction of sp³-hybridized carbons (Fsp3) is 0.545. The zero-order valence-corrected chi connectivity index (χ0v) is 17.0. The van der Waals surface area contributed by atoms with Crippen LogP contribution in [0.1, 0.15) is 69.9 Å². The minimum absolute atomic E-state index is 0.318. The number of rotatable bonds is 9. The summed E-state index contributed by atoms with van der Waals surface area (Å²) in [7, 11) is -0.318. The smallest absolute Gasteiger partial charge is 0.0775 e. The molecule has 0 amide bonds. The molecule has 1 aromatic rings. The number of allylic oxidation sites excluding steroid dienone is 4. The minimum atomic E-state index is -0.318. The Hall–Kier alpha value is -1.08. The van der Waals surface area contributed by atoms with Crippen LogP contribution in [0.2, 0.25) is 0 Å². The summed E-state index contributed by atoms with van der Waals surface area (Å²) < 4.78 is 0. The van der Waals surface area contributed by atoms with E-state index in [-0.39, 0.29) is 9.52 Å². The molecule has 0 N–H and O–H groups in total. The first kappa shape index (κ1) is 18.3. The van der Waals surface area contributed by atoms with Crippen molar-refractivity contribution in [2.45, 2.75) is 72.6 Å². The molecule has 1 atom stereocenters. The zero-order valence-electron chi connectivity index (χ0n) is 15.6. The van der Waals surface area contributed by atoms with Crippen molar-refractivity contribution in [3.05, 3.63) is 52.2 Å². The summed E-state index contributed by atoms with van der Waals surface area (Å²) in [6.45, 7) is 9.09. The van der Waals surface area contributed by atoms with E-state index in [4.69, 9.17) is 0 Å². The first-order chi connectivity index (χ1) is 11.1. The topological polar surface area (TPSA) is 0 Å². The van der Waals surface area contributed by atoms with Gasteiger partial charge in [0.2, 0.25) is 0 Å². The molecule has 0 spiro atoms. The van der Waals surface area contributed by atoms with Crippen molar-refractivity contribution in [2.75, 3.05) is 0 Å². The SMILES string of the molecule is CCCCCC1C=CC(CCCC)=C1[SiH2]c1cc(C)cc(C)c1. The van der Waals surface area contributed by atoms with Gasteiger partial charge in [-0.15, -0.1) is 0 Å². The van der Waals surface area contributed by atoms with Crippen molar-refractivity contribution in [1.82, 2.24) is 0 Å². The molecule has 1 unspecified atom stereocenters. The highest BCUT2D eigenvalue weighted by atomic mass is 28.2. The van der Waals surface area contributed by atoms with E-state index in [9.17, 15) is 0 Å². The van der Waals surface area contributed by atoms with Crippen molar-refractivity contribution >= 4 is 14.7 Å². The van der Waals surface area contributed by atoms with Gasteiger partial charge in [0.05, 0.1) is 9.52 Å². The number of unbranched alkanes of at least 4 members (excludes halogenated alkanes) is 3. The summed E-state index contributed by atoms with van der Waals surface area (Å²) in [4.78, 5) is 0. The first-order valence-corrected chi connectivity index (χ1v) is 11.0. The maximum Gasteiger partial charge on any atom is 0.0835 e. The third kappa shape index (κ3) is 5.49. The molecule has 0 saturated heterocycles. The van der Waals surface area contributed by atoms with E-state index in [1.807, 2.05) is 5.20 Å². The molecule has 126 valence electrons. The molecule has 0 aliphatic heterocycles. The van der Waals surface area contributed by atoms with Gasteiger partial charge in [0, 0.05) is 0 Å². The lowest BCUT2D eigenvalue weighted by atomic mass is 10.0. The summed E-state index contributed by atoms with van der Waals surface area (Å²) in [5.41, 5.74) is 4.55. The van der Waals surface area contributed by atoms with Gasteiger partial charge in [0.15, 0.2) is 0 Å². The summed E-state index contributed by atoms with van der Waals surface area (Å²) in [6.07, 6.45) is 14.4. The van der Waals surface area contributed by atoms with Crippen LogP contribution in [0.5, 0.6) is 0 Å². The van der Waals surface area contributed by atoms with Crippen LogP contribution in [-0.2, 0) is 0 Å². The molecule has 1 heteroatoms. The second kappa shape index (κ2) is 9.27. The van der Waals surface area contributed by atoms with Gasteiger partial charge >= 0.3 is 0 Å². The standard InChI is InChI=1S/C22H34Si/c1-5-7-9-11-20-13-12-19(10-8-6-2)22(20)23-21-15-17(3)14-18(4)16-21/h12-16,20H,5-11,23H2,1-4H3. The third-order valence-electron chi connectivity index (χ3n) is 4.98. The van der Waals surface area contributed by atoms with Crippen LogP contribution in [0.3, 0.4) is 0 Å². The Morgan fingerprint density at radius 2 is 1.61 bits per heavy atom. The third-order valence-corrected chi connectivity index (χ3v) is 7.16. The van der Waals surface area contributed by atoms with Crippen molar-refractivity contribution in [2.24, 2.45) is 5.92 Å². The van der Waals surface area contributed by atoms with E-state index < -0.39 is 0 Å². The van der Waals surface area contributed by atoms with Gasteiger partial charge in [-0.2, -0.15) is 0 Å². The molecular formula is C22H34Si. The van der Waals surface area contributed by atoms with Crippen molar-refractivity contribution in [3.8, 4) is 0 Å². The van der Waals surface area contributed by atoms with Crippen molar-refractivity contribution < 1.29 is 0 Å². The van der Waals surface area contributed by atoms with E-state index in [1.165, 1.54) is 56.1 Å². The number of hydrogen-bond acceptors (Lipinski definition) is 0.